The van der Waals surface area contributed by atoms with Crippen molar-refractivity contribution in [2.45, 2.75) is 69.1 Å². The molecule has 0 radical (unpaired) electrons. The van der Waals surface area contributed by atoms with Gasteiger partial charge < -0.3 is 15.3 Å². The Morgan fingerprint density at radius 1 is 1.12 bits per heavy atom. The summed E-state index contributed by atoms with van der Waals surface area (Å²) >= 11 is 1.30. The third-order valence-corrected chi connectivity index (χ3v) is 10.5. The molecule has 0 bridgehead atoms. The van der Waals surface area contributed by atoms with Crippen molar-refractivity contribution in [1.82, 2.24) is 24.1 Å². The first kappa shape index (κ1) is 27.4. The second-order valence-electron chi connectivity index (χ2n) is 12.3. The highest BCUT2D eigenvalue weighted by molar-refractivity contribution is 7.11. The summed E-state index contributed by atoms with van der Waals surface area (Å²) in [6, 6.07) is 17.2. The fourth-order valence-corrected chi connectivity index (χ4v) is 7.76. The SMILES string of the molecule is CNC1CCc2cc(-c3snc4c(=O)n(CC5(O)CCN(C(=O)CC(c6ccccc6)C6CC6)CC5)cnc34)ccc21. The molecule has 2 N–H and O–H groups in total. The van der Waals surface area contributed by atoms with Crippen LogP contribution in [0.3, 0.4) is 0 Å². The van der Waals surface area contributed by atoms with Crippen LogP contribution in [0.1, 0.15) is 67.2 Å². The van der Waals surface area contributed by atoms with Gasteiger partial charge >= 0.3 is 0 Å². The van der Waals surface area contributed by atoms with E-state index in [0.29, 0.717) is 55.3 Å². The highest BCUT2D eigenvalue weighted by Crippen LogP contribution is 2.45. The minimum Gasteiger partial charge on any atom is -0.388 e. The Balaban J connectivity index is 1.03. The Labute approximate surface area is 249 Å². The van der Waals surface area contributed by atoms with Gasteiger partial charge in [-0.25, -0.2) is 4.98 Å². The Hall–Kier alpha value is -3.40. The molecule has 218 valence electrons. The van der Waals surface area contributed by atoms with E-state index in [1.807, 2.05) is 30.1 Å². The van der Waals surface area contributed by atoms with Crippen LogP contribution in [0.15, 0.2) is 59.7 Å². The summed E-state index contributed by atoms with van der Waals surface area (Å²) in [5, 5.41) is 14.8. The Morgan fingerprint density at radius 3 is 2.64 bits per heavy atom. The molecular weight excluding hydrogens is 546 g/mol. The second-order valence-corrected chi connectivity index (χ2v) is 13.1. The third-order valence-electron chi connectivity index (χ3n) is 9.61. The first-order valence-corrected chi connectivity index (χ1v) is 15.9. The summed E-state index contributed by atoms with van der Waals surface area (Å²) in [7, 11) is 2.00. The number of hydrogen-bond donors (Lipinski definition) is 2. The number of piperidine rings is 1. The zero-order chi connectivity index (χ0) is 28.8. The molecule has 2 aromatic carbocycles. The number of rotatable bonds is 8. The molecule has 2 fully saturated rings. The van der Waals surface area contributed by atoms with Crippen molar-refractivity contribution in [2.75, 3.05) is 20.1 Å². The third kappa shape index (κ3) is 5.18. The molecule has 2 aromatic heterocycles. The normalized spacial score (nSPS) is 20.5. The fraction of sp³-hybridized carbons (Fsp3) is 0.455. The van der Waals surface area contributed by atoms with Crippen molar-refractivity contribution in [3.63, 3.8) is 0 Å². The average molecular weight is 584 g/mol. The lowest BCUT2D eigenvalue weighted by molar-refractivity contribution is -0.136. The maximum Gasteiger partial charge on any atom is 0.281 e. The number of nitrogens with zero attached hydrogens (tertiary/aromatic N) is 4. The van der Waals surface area contributed by atoms with Crippen molar-refractivity contribution >= 4 is 28.5 Å². The largest absolute Gasteiger partial charge is 0.388 e. The first-order chi connectivity index (χ1) is 20.4. The van der Waals surface area contributed by atoms with Crippen molar-refractivity contribution < 1.29 is 9.90 Å². The maximum atomic E-state index is 13.4. The molecule has 1 aliphatic heterocycles. The number of fused-ring (bicyclic) bond motifs is 2. The van der Waals surface area contributed by atoms with Crippen LogP contribution < -0.4 is 10.9 Å². The predicted molar refractivity (Wildman–Crippen MR) is 165 cm³/mol. The van der Waals surface area contributed by atoms with Crippen LogP contribution in [0.4, 0.5) is 0 Å². The maximum absolute atomic E-state index is 13.4. The molecule has 3 aliphatic rings. The van der Waals surface area contributed by atoms with Crippen LogP contribution in [0.25, 0.3) is 21.5 Å². The lowest BCUT2D eigenvalue weighted by Crippen LogP contribution is -2.49. The summed E-state index contributed by atoms with van der Waals surface area (Å²) in [5.74, 6) is 1.01. The molecule has 2 atom stereocenters. The van der Waals surface area contributed by atoms with Gasteiger partial charge in [-0.1, -0.05) is 42.5 Å². The van der Waals surface area contributed by atoms with Crippen molar-refractivity contribution in [1.29, 1.82) is 0 Å². The summed E-state index contributed by atoms with van der Waals surface area (Å²) < 4.78 is 5.99. The van der Waals surface area contributed by atoms with E-state index in [2.05, 4.69) is 45.0 Å². The number of aliphatic hydroxyl groups is 1. The van der Waals surface area contributed by atoms with E-state index < -0.39 is 5.60 Å². The monoisotopic (exact) mass is 583 g/mol. The fourth-order valence-electron chi connectivity index (χ4n) is 6.94. The summed E-state index contributed by atoms with van der Waals surface area (Å²) in [6.07, 6.45) is 7.39. The number of likely N-dealkylation sites (tertiary alicyclic amines) is 1. The Bertz CT molecular complexity index is 1670. The van der Waals surface area contributed by atoms with Gasteiger partial charge in [0.05, 0.1) is 23.4 Å². The molecule has 2 unspecified atom stereocenters. The Kier molecular flexibility index (Phi) is 7.20. The minimum absolute atomic E-state index is 0.141. The van der Waals surface area contributed by atoms with E-state index in [9.17, 15) is 14.7 Å². The number of hydrogen-bond acceptors (Lipinski definition) is 7. The molecule has 1 amide bonds. The zero-order valence-electron chi connectivity index (χ0n) is 24.0. The van der Waals surface area contributed by atoms with Gasteiger partial charge in [0.25, 0.3) is 5.56 Å². The summed E-state index contributed by atoms with van der Waals surface area (Å²) in [4.78, 5) is 34.1. The lowest BCUT2D eigenvalue weighted by Gasteiger charge is -2.38. The van der Waals surface area contributed by atoms with Gasteiger partial charge in [-0.15, -0.1) is 0 Å². The van der Waals surface area contributed by atoms with Crippen LogP contribution >= 0.6 is 11.5 Å². The highest BCUT2D eigenvalue weighted by atomic mass is 32.1. The second kappa shape index (κ2) is 11.0. The number of amides is 1. The van der Waals surface area contributed by atoms with Crippen LogP contribution in [-0.4, -0.2) is 55.6 Å². The molecule has 0 spiro atoms. The molecule has 1 saturated heterocycles. The van der Waals surface area contributed by atoms with Gasteiger partial charge in [-0.2, -0.15) is 4.37 Å². The van der Waals surface area contributed by atoms with Gasteiger partial charge in [-0.3, -0.25) is 14.2 Å². The van der Waals surface area contributed by atoms with E-state index >= 15 is 0 Å². The van der Waals surface area contributed by atoms with Gasteiger partial charge in [0, 0.05) is 25.6 Å². The number of aromatic nitrogens is 3. The van der Waals surface area contributed by atoms with E-state index in [-0.39, 0.29) is 23.9 Å². The molecule has 7 rings (SSSR count). The molecule has 42 heavy (non-hydrogen) atoms. The lowest BCUT2D eigenvalue weighted by atomic mass is 9.88. The van der Waals surface area contributed by atoms with Crippen LogP contribution in [0.2, 0.25) is 0 Å². The number of carbonyl (C=O) groups excluding carboxylic acids is 1. The van der Waals surface area contributed by atoms with Gasteiger partial charge in [0.2, 0.25) is 5.91 Å². The quantitative estimate of drug-likeness (QED) is 0.313. The van der Waals surface area contributed by atoms with Crippen molar-refractivity contribution in [3.8, 4) is 10.4 Å². The van der Waals surface area contributed by atoms with Gasteiger partial charge in [-0.05, 0) is 97.3 Å². The zero-order valence-corrected chi connectivity index (χ0v) is 24.8. The number of carbonyl (C=O) groups is 1. The topological polar surface area (TPSA) is 100 Å². The highest BCUT2D eigenvalue weighted by Gasteiger charge is 2.38. The summed E-state index contributed by atoms with van der Waals surface area (Å²) in [5.41, 5.74) is 4.59. The number of benzene rings is 2. The molecule has 8 nitrogen and oxygen atoms in total. The average Bonchev–Trinajstić information content (AvgIpc) is 3.62. The minimum atomic E-state index is -1.08. The van der Waals surface area contributed by atoms with E-state index in [1.165, 1.54) is 45.6 Å². The van der Waals surface area contributed by atoms with E-state index in [4.69, 9.17) is 0 Å². The number of aryl methyl sites for hydroxylation is 1. The smallest absolute Gasteiger partial charge is 0.281 e. The summed E-state index contributed by atoms with van der Waals surface area (Å²) in [6.45, 7) is 1.11. The van der Waals surface area contributed by atoms with Crippen molar-refractivity contribution in [2.24, 2.45) is 5.92 Å². The molecule has 1 saturated carbocycles. The number of nitrogens with one attached hydrogen (secondary N) is 1. The van der Waals surface area contributed by atoms with E-state index in [1.54, 1.807) is 6.33 Å². The van der Waals surface area contributed by atoms with Crippen molar-refractivity contribution in [3.05, 3.63) is 81.9 Å². The molecule has 4 aromatic rings. The molecular formula is C33H37N5O3S. The van der Waals surface area contributed by atoms with E-state index in [0.717, 1.165) is 23.3 Å². The van der Waals surface area contributed by atoms with Crippen LogP contribution in [-0.2, 0) is 17.8 Å². The molecule has 3 heterocycles. The van der Waals surface area contributed by atoms with Crippen LogP contribution in [0, 0.1) is 5.92 Å². The standard InChI is InChI=1S/C33H37N5O3S/c1-34-27-12-10-23-17-24(9-11-25(23)27)31-29-30(36-42-31)32(40)38(20-35-29)19-33(41)13-15-37(16-14-33)28(39)18-26(22-7-8-22)21-5-3-2-4-6-21/h2-6,9,11,17,20,22,26-27,34,41H,7-8,10,12-16,18-19H2,1H3. The molecule has 2 aliphatic carbocycles. The predicted octanol–water partition coefficient (Wildman–Crippen LogP) is 4.66. The van der Waals surface area contributed by atoms with Gasteiger partial charge in [0.1, 0.15) is 5.52 Å². The molecule has 9 heteroatoms. The van der Waals surface area contributed by atoms with Crippen LogP contribution in [0.5, 0.6) is 0 Å². The van der Waals surface area contributed by atoms with Gasteiger partial charge in [0.15, 0.2) is 5.52 Å². The Morgan fingerprint density at radius 2 is 1.90 bits per heavy atom. The first-order valence-electron chi connectivity index (χ1n) is 15.1.